The van der Waals surface area contributed by atoms with E-state index < -0.39 is 6.61 Å². The van der Waals surface area contributed by atoms with E-state index in [1.165, 1.54) is 0 Å². The Kier molecular flexibility index (Phi) is 7.77. The van der Waals surface area contributed by atoms with Gasteiger partial charge in [0.1, 0.15) is 12.3 Å². The molecule has 0 aliphatic carbocycles. The average Bonchev–Trinajstić information content (AvgIpc) is 3.14. The van der Waals surface area contributed by atoms with E-state index >= 15 is 0 Å². The van der Waals surface area contributed by atoms with Crippen molar-refractivity contribution in [1.82, 2.24) is 19.8 Å². The lowest BCUT2D eigenvalue weighted by Crippen LogP contribution is -2.47. The Labute approximate surface area is 215 Å². The van der Waals surface area contributed by atoms with Gasteiger partial charge in [-0.25, -0.2) is 4.98 Å². The molecule has 3 aromatic rings. The van der Waals surface area contributed by atoms with Crippen LogP contribution in [0.5, 0.6) is 5.75 Å². The van der Waals surface area contributed by atoms with Crippen LogP contribution >= 0.6 is 0 Å². The summed E-state index contributed by atoms with van der Waals surface area (Å²) in [5.74, 6) is -0.449. The highest BCUT2D eigenvalue weighted by Crippen LogP contribution is 2.35. The minimum absolute atomic E-state index is 0.115. The number of carbonyl (C=O) groups is 3. The zero-order chi connectivity index (χ0) is 26.7. The van der Waals surface area contributed by atoms with Crippen LogP contribution in [0.4, 0.5) is 5.69 Å². The molecule has 3 amide bonds. The summed E-state index contributed by atoms with van der Waals surface area (Å²) >= 11 is 0. The van der Waals surface area contributed by atoms with E-state index in [9.17, 15) is 14.4 Å². The zero-order valence-corrected chi connectivity index (χ0v) is 21.6. The first kappa shape index (κ1) is 26.2. The van der Waals surface area contributed by atoms with Crippen LogP contribution in [0.2, 0.25) is 0 Å². The molecule has 0 saturated carbocycles. The number of hydrogen-bond acceptors (Lipinski definition) is 6. The first-order valence-corrected chi connectivity index (χ1v) is 12.4. The van der Waals surface area contributed by atoms with Gasteiger partial charge in [0.05, 0.1) is 22.9 Å². The third-order valence-electron chi connectivity index (χ3n) is 6.48. The number of nitrogens with zero attached hydrogens (tertiary/aromatic N) is 3. The zero-order valence-electron chi connectivity index (χ0n) is 21.6. The maximum Gasteiger partial charge on any atom is 0.272 e. The molecule has 10 nitrogen and oxygen atoms in total. The van der Waals surface area contributed by atoms with Gasteiger partial charge in [-0.15, -0.1) is 0 Å². The molecule has 1 aliphatic rings. The van der Waals surface area contributed by atoms with E-state index in [0.29, 0.717) is 65.4 Å². The summed E-state index contributed by atoms with van der Waals surface area (Å²) in [5.41, 5.74) is 2.59. The molecule has 0 spiro atoms. The number of likely N-dealkylation sites (tertiary alicyclic amines) is 1. The molecule has 1 aromatic carbocycles. The predicted molar refractivity (Wildman–Crippen MR) is 140 cm³/mol. The third-order valence-corrected chi connectivity index (χ3v) is 6.48. The monoisotopic (exact) mass is 507 g/mol. The summed E-state index contributed by atoms with van der Waals surface area (Å²) < 4.78 is 7.83. The summed E-state index contributed by atoms with van der Waals surface area (Å²) in [6, 6.07) is 10.6. The Balaban J connectivity index is 1.63. The van der Waals surface area contributed by atoms with Gasteiger partial charge >= 0.3 is 0 Å². The van der Waals surface area contributed by atoms with Crippen molar-refractivity contribution in [3.05, 3.63) is 53.3 Å². The van der Waals surface area contributed by atoms with Gasteiger partial charge in [0.2, 0.25) is 5.91 Å². The number of pyridine rings is 1. The molecule has 2 aromatic heterocycles. The first-order chi connectivity index (χ1) is 17.7. The van der Waals surface area contributed by atoms with Crippen molar-refractivity contribution in [2.45, 2.75) is 45.8 Å². The van der Waals surface area contributed by atoms with E-state index in [-0.39, 0.29) is 29.9 Å². The van der Waals surface area contributed by atoms with E-state index in [1.807, 2.05) is 19.9 Å². The van der Waals surface area contributed by atoms with Crippen LogP contribution in [0.1, 0.15) is 53.2 Å². The van der Waals surface area contributed by atoms with Gasteiger partial charge < -0.3 is 29.9 Å². The van der Waals surface area contributed by atoms with Crippen molar-refractivity contribution in [2.75, 3.05) is 25.0 Å². The number of aryl methyl sites for hydroxylation is 2. The predicted octanol–water partition coefficient (Wildman–Crippen LogP) is 2.63. The molecule has 37 heavy (non-hydrogen) atoms. The molecule has 0 unspecified atom stereocenters. The van der Waals surface area contributed by atoms with Crippen molar-refractivity contribution in [3.8, 4) is 5.75 Å². The minimum atomic E-state index is -0.511. The molecule has 196 valence electrons. The highest BCUT2D eigenvalue weighted by atomic mass is 16.5. The maximum absolute atomic E-state index is 13.5. The van der Waals surface area contributed by atoms with Crippen molar-refractivity contribution < 1.29 is 24.2 Å². The Morgan fingerprint density at radius 3 is 2.43 bits per heavy atom. The van der Waals surface area contributed by atoms with E-state index in [0.717, 1.165) is 0 Å². The number of piperidine rings is 1. The smallest absolute Gasteiger partial charge is 0.272 e. The number of aliphatic hydroxyl groups is 1. The summed E-state index contributed by atoms with van der Waals surface area (Å²) in [5, 5.41) is 15.7. The Hall–Kier alpha value is -3.92. The van der Waals surface area contributed by atoms with Gasteiger partial charge in [-0.3, -0.25) is 14.4 Å². The van der Waals surface area contributed by atoms with Gasteiger partial charge in [-0.2, -0.15) is 0 Å². The van der Waals surface area contributed by atoms with Crippen molar-refractivity contribution >= 4 is 34.4 Å². The van der Waals surface area contributed by atoms with Crippen LogP contribution in [0.15, 0.2) is 36.4 Å². The largest absolute Gasteiger partial charge is 0.488 e. The Morgan fingerprint density at radius 2 is 1.81 bits per heavy atom. The molecule has 1 fully saturated rings. The fraction of sp³-hybridized carbons (Fsp3) is 0.407. The van der Waals surface area contributed by atoms with Crippen LogP contribution in [-0.2, 0) is 11.8 Å². The number of carbonyl (C=O) groups excluding carboxylic acids is 3. The average molecular weight is 508 g/mol. The molecular formula is C27H33N5O5. The van der Waals surface area contributed by atoms with Gasteiger partial charge in [0.25, 0.3) is 11.8 Å². The minimum Gasteiger partial charge on any atom is -0.488 e. The van der Waals surface area contributed by atoms with Crippen molar-refractivity contribution in [2.24, 2.45) is 7.05 Å². The fourth-order valence-corrected chi connectivity index (χ4v) is 4.55. The van der Waals surface area contributed by atoms with Gasteiger partial charge in [0, 0.05) is 31.7 Å². The number of aliphatic hydroxyl groups excluding tert-OH is 1. The van der Waals surface area contributed by atoms with Crippen LogP contribution in [0, 0.1) is 6.92 Å². The number of hydrogen-bond donors (Lipinski definition) is 3. The van der Waals surface area contributed by atoms with Crippen LogP contribution in [0.25, 0.3) is 11.0 Å². The molecule has 0 radical (unpaired) electrons. The highest BCUT2D eigenvalue weighted by molar-refractivity contribution is 6.07. The topological polar surface area (TPSA) is 126 Å². The lowest BCUT2D eigenvalue weighted by atomic mass is 10.0. The van der Waals surface area contributed by atoms with E-state index in [4.69, 9.17) is 14.8 Å². The third kappa shape index (κ3) is 5.59. The molecule has 0 atom stereocenters. The Bertz CT molecular complexity index is 1310. The molecule has 4 rings (SSSR count). The van der Waals surface area contributed by atoms with Crippen LogP contribution < -0.4 is 15.4 Å². The van der Waals surface area contributed by atoms with Gasteiger partial charge in [0.15, 0.2) is 11.4 Å². The number of fused-ring (bicyclic) bond motifs is 1. The molecule has 3 N–H and O–H groups in total. The number of rotatable bonds is 7. The molecular weight excluding hydrogens is 474 g/mol. The molecule has 0 bridgehead atoms. The van der Waals surface area contributed by atoms with Gasteiger partial charge in [-0.05, 0) is 51.8 Å². The molecule has 10 heteroatoms. The number of benzene rings is 1. The summed E-state index contributed by atoms with van der Waals surface area (Å²) in [6.07, 6.45) is 0.984. The highest BCUT2D eigenvalue weighted by Gasteiger charge is 2.29. The Morgan fingerprint density at radius 1 is 1.14 bits per heavy atom. The lowest BCUT2D eigenvalue weighted by Gasteiger charge is -2.32. The summed E-state index contributed by atoms with van der Waals surface area (Å²) in [6.45, 7) is 6.00. The number of ether oxygens (including phenoxy) is 1. The summed E-state index contributed by atoms with van der Waals surface area (Å²) in [7, 11) is 1.77. The standard InChI is InChI=1S/C27H33N5O5/c1-16(2)37-24-20-14-21(30-26(35)18-8-6-5-7-9-18)17(3)28-25(20)31(4)23(24)27(36)29-19-10-12-32(13-11-19)22(34)15-33/h5-9,14,16,19,33H,10-13,15H2,1-4H3,(H,29,36)(H,30,35). The number of nitrogens with one attached hydrogen (secondary N) is 2. The quantitative estimate of drug-likeness (QED) is 0.451. The molecule has 3 heterocycles. The van der Waals surface area contributed by atoms with E-state index in [2.05, 4.69) is 10.6 Å². The number of anilines is 1. The SMILES string of the molecule is Cc1nc2c(cc1NC(=O)c1ccccc1)c(OC(C)C)c(C(=O)NC1CCN(C(=O)CO)CC1)n2C. The lowest BCUT2D eigenvalue weighted by molar-refractivity contribution is -0.135. The van der Waals surface area contributed by atoms with Gasteiger partial charge in [-0.1, -0.05) is 18.2 Å². The first-order valence-electron chi connectivity index (χ1n) is 12.4. The number of aromatic nitrogens is 2. The number of amides is 3. The molecule has 1 aliphatic heterocycles. The second-order valence-electron chi connectivity index (χ2n) is 9.50. The second-order valence-corrected chi connectivity index (χ2v) is 9.50. The van der Waals surface area contributed by atoms with Crippen molar-refractivity contribution in [1.29, 1.82) is 0 Å². The fourth-order valence-electron chi connectivity index (χ4n) is 4.55. The molecule has 1 saturated heterocycles. The second kappa shape index (κ2) is 11.0. The van der Waals surface area contributed by atoms with Crippen molar-refractivity contribution in [3.63, 3.8) is 0 Å². The normalized spacial score (nSPS) is 14.2. The van der Waals surface area contributed by atoms with Crippen LogP contribution in [0.3, 0.4) is 0 Å². The van der Waals surface area contributed by atoms with E-state index in [1.54, 1.807) is 53.8 Å². The van der Waals surface area contributed by atoms with Crippen LogP contribution in [-0.4, -0.2) is 69.1 Å². The summed E-state index contributed by atoms with van der Waals surface area (Å²) in [4.78, 5) is 44.3. The maximum atomic E-state index is 13.5.